The summed E-state index contributed by atoms with van der Waals surface area (Å²) in [7, 11) is 0. The first-order valence-corrected chi connectivity index (χ1v) is 6.76. The number of pyridine rings is 1. The van der Waals surface area contributed by atoms with Gasteiger partial charge in [0.1, 0.15) is 4.60 Å². The predicted octanol–water partition coefficient (Wildman–Crippen LogP) is 1.72. The van der Waals surface area contributed by atoms with E-state index in [2.05, 4.69) is 26.2 Å². The van der Waals surface area contributed by atoms with Crippen LogP contribution in [0.25, 0.3) is 0 Å². The molecule has 0 aromatic carbocycles. The van der Waals surface area contributed by atoms with Gasteiger partial charge in [0.15, 0.2) is 0 Å². The van der Waals surface area contributed by atoms with E-state index in [1.165, 1.54) is 0 Å². The SMILES string of the molecule is O=C(O)N[C@@H]1CCCN(C(=O)c2ccnc(Br)c2)C1. The third kappa shape index (κ3) is 3.66. The number of carbonyl (C=O) groups is 2. The Kier molecular flexibility index (Phi) is 4.36. The van der Waals surface area contributed by atoms with E-state index in [4.69, 9.17) is 5.11 Å². The third-order valence-corrected chi connectivity index (χ3v) is 3.44. The van der Waals surface area contributed by atoms with Gasteiger partial charge >= 0.3 is 6.09 Å². The molecular weight excluding hydrogens is 314 g/mol. The molecule has 0 unspecified atom stereocenters. The van der Waals surface area contributed by atoms with Crippen molar-refractivity contribution in [2.75, 3.05) is 13.1 Å². The van der Waals surface area contributed by atoms with Crippen molar-refractivity contribution in [3.63, 3.8) is 0 Å². The average molecular weight is 328 g/mol. The third-order valence-electron chi connectivity index (χ3n) is 3.01. The average Bonchev–Trinajstić information content (AvgIpc) is 2.37. The summed E-state index contributed by atoms with van der Waals surface area (Å²) in [5.41, 5.74) is 0.554. The zero-order chi connectivity index (χ0) is 13.8. The van der Waals surface area contributed by atoms with Gasteiger partial charge in [-0.3, -0.25) is 4.79 Å². The van der Waals surface area contributed by atoms with Crippen molar-refractivity contribution < 1.29 is 14.7 Å². The molecule has 7 heteroatoms. The molecular formula is C12H14BrN3O3. The number of hydrogen-bond acceptors (Lipinski definition) is 3. The lowest BCUT2D eigenvalue weighted by Gasteiger charge is -2.32. The van der Waals surface area contributed by atoms with Gasteiger partial charge in [0, 0.05) is 30.9 Å². The quantitative estimate of drug-likeness (QED) is 0.810. The van der Waals surface area contributed by atoms with Crippen molar-refractivity contribution in [1.29, 1.82) is 0 Å². The number of nitrogens with zero attached hydrogens (tertiary/aromatic N) is 2. The number of rotatable bonds is 2. The molecule has 1 saturated heterocycles. The van der Waals surface area contributed by atoms with Crippen LogP contribution in [0.15, 0.2) is 22.9 Å². The molecule has 1 atom stereocenters. The highest BCUT2D eigenvalue weighted by molar-refractivity contribution is 9.10. The minimum absolute atomic E-state index is 0.0972. The Labute approximate surface area is 118 Å². The number of amides is 2. The molecule has 0 saturated carbocycles. The highest BCUT2D eigenvalue weighted by Crippen LogP contribution is 2.15. The van der Waals surface area contributed by atoms with Gasteiger partial charge in [0.25, 0.3) is 5.91 Å². The Bertz CT molecular complexity index is 495. The molecule has 2 N–H and O–H groups in total. The Morgan fingerprint density at radius 2 is 2.32 bits per heavy atom. The second kappa shape index (κ2) is 6.01. The van der Waals surface area contributed by atoms with Gasteiger partial charge in [-0.05, 0) is 40.9 Å². The van der Waals surface area contributed by atoms with Gasteiger partial charge in [-0.15, -0.1) is 0 Å². The first kappa shape index (κ1) is 13.8. The standard InChI is InChI=1S/C12H14BrN3O3/c13-10-6-8(3-4-14-10)11(17)16-5-1-2-9(7-16)15-12(18)19/h3-4,6,9,15H,1-2,5,7H2,(H,18,19)/t9-/m1/s1. The fourth-order valence-electron chi connectivity index (χ4n) is 2.17. The number of carbonyl (C=O) groups excluding carboxylic acids is 1. The second-order valence-corrected chi connectivity index (χ2v) is 5.22. The summed E-state index contributed by atoms with van der Waals surface area (Å²) >= 11 is 3.23. The van der Waals surface area contributed by atoms with Crippen LogP contribution in [0.4, 0.5) is 4.79 Å². The maximum atomic E-state index is 12.3. The summed E-state index contributed by atoms with van der Waals surface area (Å²) in [6, 6.07) is 3.12. The number of carboxylic acid groups (broad SMARTS) is 1. The molecule has 1 aliphatic rings. The first-order valence-electron chi connectivity index (χ1n) is 5.96. The fraction of sp³-hybridized carbons (Fsp3) is 0.417. The maximum Gasteiger partial charge on any atom is 0.404 e. The lowest BCUT2D eigenvalue weighted by Crippen LogP contribution is -2.49. The van der Waals surface area contributed by atoms with Crippen molar-refractivity contribution in [3.8, 4) is 0 Å². The molecule has 0 aliphatic carbocycles. The molecule has 1 aromatic heterocycles. The number of halogens is 1. The minimum atomic E-state index is -1.05. The van der Waals surface area contributed by atoms with Crippen LogP contribution >= 0.6 is 15.9 Å². The van der Waals surface area contributed by atoms with E-state index in [1.54, 1.807) is 23.2 Å². The van der Waals surface area contributed by atoms with E-state index in [9.17, 15) is 9.59 Å². The Morgan fingerprint density at radius 3 is 3.00 bits per heavy atom. The topological polar surface area (TPSA) is 82.5 Å². The Morgan fingerprint density at radius 1 is 1.53 bits per heavy atom. The lowest BCUT2D eigenvalue weighted by atomic mass is 10.0. The van der Waals surface area contributed by atoms with Gasteiger partial charge in [0.05, 0.1) is 0 Å². The van der Waals surface area contributed by atoms with Crippen LogP contribution in [-0.4, -0.2) is 46.1 Å². The fourth-order valence-corrected chi connectivity index (χ4v) is 2.54. The molecule has 0 bridgehead atoms. The molecule has 0 radical (unpaired) electrons. The van der Waals surface area contributed by atoms with Gasteiger partial charge in [0.2, 0.25) is 0 Å². The van der Waals surface area contributed by atoms with Crippen molar-refractivity contribution in [3.05, 3.63) is 28.5 Å². The smallest absolute Gasteiger partial charge is 0.404 e. The maximum absolute atomic E-state index is 12.3. The zero-order valence-electron chi connectivity index (χ0n) is 10.2. The highest BCUT2D eigenvalue weighted by atomic mass is 79.9. The molecule has 0 spiro atoms. The highest BCUT2D eigenvalue weighted by Gasteiger charge is 2.25. The number of hydrogen-bond donors (Lipinski definition) is 2. The normalized spacial score (nSPS) is 19.0. The monoisotopic (exact) mass is 327 g/mol. The first-order chi connectivity index (χ1) is 9.06. The van der Waals surface area contributed by atoms with Crippen molar-refractivity contribution >= 4 is 27.9 Å². The summed E-state index contributed by atoms with van der Waals surface area (Å²) in [5, 5.41) is 11.1. The van der Waals surface area contributed by atoms with Crippen LogP contribution in [0, 0.1) is 0 Å². The Balaban J connectivity index is 2.04. The molecule has 19 heavy (non-hydrogen) atoms. The molecule has 2 heterocycles. The van der Waals surface area contributed by atoms with Gasteiger partial charge in [-0.1, -0.05) is 0 Å². The Hall–Kier alpha value is -1.63. The molecule has 102 valence electrons. The molecule has 2 amide bonds. The van der Waals surface area contributed by atoms with Crippen LogP contribution in [0.1, 0.15) is 23.2 Å². The summed E-state index contributed by atoms with van der Waals surface area (Å²) < 4.78 is 0.607. The minimum Gasteiger partial charge on any atom is -0.465 e. The number of nitrogens with one attached hydrogen (secondary N) is 1. The van der Waals surface area contributed by atoms with Gasteiger partial charge in [-0.25, -0.2) is 9.78 Å². The van der Waals surface area contributed by atoms with E-state index in [0.717, 1.165) is 12.8 Å². The van der Waals surface area contributed by atoms with E-state index in [1.807, 2.05) is 0 Å². The second-order valence-electron chi connectivity index (χ2n) is 4.41. The largest absolute Gasteiger partial charge is 0.465 e. The predicted molar refractivity (Wildman–Crippen MR) is 72.0 cm³/mol. The van der Waals surface area contributed by atoms with Gasteiger partial charge < -0.3 is 15.3 Å². The summed E-state index contributed by atoms with van der Waals surface area (Å²) in [5.74, 6) is -0.0972. The van der Waals surface area contributed by atoms with E-state index in [0.29, 0.717) is 23.3 Å². The van der Waals surface area contributed by atoms with Crippen LogP contribution < -0.4 is 5.32 Å². The zero-order valence-corrected chi connectivity index (χ0v) is 11.8. The number of aromatic nitrogens is 1. The molecule has 1 aromatic rings. The summed E-state index contributed by atoms with van der Waals surface area (Å²) in [6.45, 7) is 1.06. The number of piperidine rings is 1. The van der Waals surface area contributed by atoms with E-state index in [-0.39, 0.29) is 11.9 Å². The van der Waals surface area contributed by atoms with Gasteiger partial charge in [-0.2, -0.15) is 0 Å². The van der Waals surface area contributed by atoms with Crippen LogP contribution in [0.3, 0.4) is 0 Å². The summed E-state index contributed by atoms with van der Waals surface area (Å²) in [6.07, 6.45) is 2.07. The lowest BCUT2D eigenvalue weighted by molar-refractivity contribution is 0.0692. The van der Waals surface area contributed by atoms with Crippen LogP contribution in [-0.2, 0) is 0 Å². The van der Waals surface area contributed by atoms with Crippen LogP contribution in [0.5, 0.6) is 0 Å². The molecule has 1 fully saturated rings. The van der Waals surface area contributed by atoms with Crippen molar-refractivity contribution in [2.45, 2.75) is 18.9 Å². The van der Waals surface area contributed by atoms with Crippen molar-refractivity contribution in [2.24, 2.45) is 0 Å². The van der Waals surface area contributed by atoms with E-state index < -0.39 is 6.09 Å². The number of likely N-dealkylation sites (tertiary alicyclic amines) is 1. The van der Waals surface area contributed by atoms with Crippen molar-refractivity contribution in [1.82, 2.24) is 15.2 Å². The van der Waals surface area contributed by atoms with Crippen LogP contribution in [0.2, 0.25) is 0 Å². The molecule has 2 rings (SSSR count). The molecule has 6 nitrogen and oxygen atoms in total. The molecule has 1 aliphatic heterocycles. The van der Waals surface area contributed by atoms with E-state index >= 15 is 0 Å². The summed E-state index contributed by atoms with van der Waals surface area (Å²) in [4.78, 5) is 28.6.